The summed E-state index contributed by atoms with van der Waals surface area (Å²) >= 11 is 6.27. The first-order chi connectivity index (χ1) is 10.2. The van der Waals surface area contributed by atoms with Crippen LogP contribution in [-0.2, 0) is 6.54 Å². The molecule has 3 rings (SSSR count). The van der Waals surface area contributed by atoms with Gasteiger partial charge in [0.05, 0.1) is 0 Å². The third-order valence-electron chi connectivity index (χ3n) is 4.86. The summed E-state index contributed by atoms with van der Waals surface area (Å²) in [5.41, 5.74) is 2.68. The second-order valence-corrected chi connectivity index (χ2v) is 6.78. The van der Waals surface area contributed by atoms with Crippen molar-refractivity contribution in [2.45, 2.75) is 45.3 Å². The number of hydrogen-bond acceptors (Lipinski definition) is 3. The van der Waals surface area contributed by atoms with Crippen LogP contribution >= 0.6 is 11.6 Å². The summed E-state index contributed by atoms with van der Waals surface area (Å²) in [7, 11) is 0. The Kier molecular flexibility index (Phi) is 4.72. The normalized spacial score (nSPS) is 26.1. The van der Waals surface area contributed by atoms with Gasteiger partial charge in [0.25, 0.3) is 0 Å². The van der Waals surface area contributed by atoms with Crippen molar-refractivity contribution in [1.29, 1.82) is 0 Å². The van der Waals surface area contributed by atoms with Crippen LogP contribution in [0.15, 0.2) is 18.2 Å². The van der Waals surface area contributed by atoms with Crippen molar-refractivity contribution in [2.75, 3.05) is 31.1 Å². The summed E-state index contributed by atoms with van der Waals surface area (Å²) < 4.78 is 0. The molecule has 0 aromatic heterocycles. The minimum absolute atomic E-state index is 0.554. The van der Waals surface area contributed by atoms with Crippen LogP contribution in [0.1, 0.15) is 32.3 Å². The highest BCUT2D eigenvalue weighted by Gasteiger charge is 2.35. The van der Waals surface area contributed by atoms with Crippen LogP contribution in [0, 0.1) is 0 Å². The van der Waals surface area contributed by atoms with E-state index in [0.29, 0.717) is 6.04 Å². The molecule has 2 heterocycles. The zero-order valence-electron chi connectivity index (χ0n) is 13.1. The number of anilines is 1. The molecule has 1 aromatic rings. The van der Waals surface area contributed by atoms with E-state index in [0.717, 1.165) is 30.7 Å². The summed E-state index contributed by atoms with van der Waals surface area (Å²) in [4.78, 5) is 5.24. The number of halogens is 1. The molecule has 116 valence electrons. The molecule has 0 bridgehead atoms. The Balaban J connectivity index is 1.85. The van der Waals surface area contributed by atoms with Crippen molar-refractivity contribution in [2.24, 2.45) is 0 Å². The van der Waals surface area contributed by atoms with E-state index in [9.17, 15) is 0 Å². The number of rotatable bonds is 4. The molecule has 0 spiro atoms. The minimum atomic E-state index is 0.554. The second kappa shape index (κ2) is 6.55. The molecule has 2 saturated heterocycles. The van der Waals surface area contributed by atoms with Crippen LogP contribution in [0.2, 0.25) is 5.02 Å². The smallest absolute Gasteiger partial charge is 0.0430 e. The van der Waals surface area contributed by atoms with Gasteiger partial charge in [-0.25, -0.2) is 0 Å². The van der Waals surface area contributed by atoms with Gasteiger partial charge in [-0.1, -0.05) is 24.6 Å². The Morgan fingerprint density at radius 1 is 1.33 bits per heavy atom. The molecular weight excluding hydrogens is 282 g/mol. The van der Waals surface area contributed by atoms with Gasteiger partial charge in [-0.05, 0) is 50.6 Å². The van der Waals surface area contributed by atoms with E-state index in [1.54, 1.807) is 0 Å². The molecule has 2 atom stereocenters. The molecule has 0 aliphatic carbocycles. The lowest BCUT2D eigenvalue weighted by molar-refractivity contribution is 0.203. The van der Waals surface area contributed by atoms with Crippen molar-refractivity contribution >= 4 is 17.3 Å². The van der Waals surface area contributed by atoms with Crippen LogP contribution in [0.4, 0.5) is 5.69 Å². The van der Waals surface area contributed by atoms with Gasteiger partial charge in [0.1, 0.15) is 0 Å². The highest BCUT2D eigenvalue weighted by molar-refractivity contribution is 6.30. The van der Waals surface area contributed by atoms with Gasteiger partial charge in [0.2, 0.25) is 0 Å². The van der Waals surface area contributed by atoms with E-state index < -0.39 is 0 Å². The van der Waals surface area contributed by atoms with E-state index in [1.807, 2.05) is 6.07 Å². The molecule has 0 saturated carbocycles. The molecule has 2 aliphatic rings. The fourth-order valence-corrected chi connectivity index (χ4v) is 3.90. The summed E-state index contributed by atoms with van der Waals surface area (Å²) in [5, 5.41) is 4.28. The van der Waals surface area contributed by atoms with Gasteiger partial charge in [0.15, 0.2) is 0 Å². The summed E-state index contributed by atoms with van der Waals surface area (Å²) in [5.74, 6) is 0. The second-order valence-electron chi connectivity index (χ2n) is 6.35. The van der Waals surface area contributed by atoms with Crippen molar-refractivity contribution < 1.29 is 0 Å². The fourth-order valence-electron chi connectivity index (χ4n) is 3.74. The first kappa shape index (κ1) is 15.1. The number of piperazine rings is 1. The van der Waals surface area contributed by atoms with Gasteiger partial charge in [-0.15, -0.1) is 0 Å². The van der Waals surface area contributed by atoms with Gasteiger partial charge in [-0.2, -0.15) is 0 Å². The maximum atomic E-state index is 6.27. The van der Waals surface area contributed by atoms with Crippen molar-refractivity contribution in [1.82, 2.24) is 10.2 Å². The zero-order valence-corrected chi connectivity index (χ0v) is 13.9. The minimum Gasteiger partial charge on any atom is -0.366 e. The van der Waals surface area contributed by atoms with Crippen LogP contribution in [0.3, 0.4) is 0 Å². The lowest BCUT2D eigenvalue weighted by Crippen LogP contribution is -2.55. The first-order valence-corrected chi connectivity index (χ1v) is 8.56. The molecular formula is C17H26ClN3. The van der Waals surface area contributed by atoms with Crippen molar-refractivity contribution in [3.8, 4) is 0 Å². The SMILES string of the molecule is CCNCc1ccc(Cl)cc1N1CC2CCCN2CC1C. The molecule has 1 N–H and O–H groups in total. The predicted octanol–water partition coefficient (Wildman–Crippen LogP) is 3.12. The Labute approximate surface area is 133 Å². The van der Waals surface area contributed by atoms with Crippen LogP contribution < -0.4 is 10.2 Å². The number of nitrogens with zero attached hydrogens (tertiary/aromatic N) is 2. The van der Waals surface area contributed by atoms with E-state index in [1.165, 1.54) is 37.2 Å². The highest BCUT2D eigenvalue weighted by atomic mass is 35.5. The van der Waals surface area contributed by atoms with Crippen LogP contribution in [0.5, 0.6) is 0 Å². The number of fused-ring (bicyclic) bond motifs is 1. The maximum Gasteiger partial charge on any atom is 0.0430 e. The molecule has 0 amide bonds. The lowest BCUT2D eigenvalue weighted by atomic mass is 10.0. The summed E-state index contributed by atoms with van der Waals surface area (Å²) in [6, 6.07) is 7.61. The Bertz CT molecular complexity index is 491. The van der Waals surface area contributed by atoms with Gasteiger partial charge < -0.3 is 10.2 Å². The number of nitrogens with one attached hydrogen (secondary N) is 1. The molecule has 4 heteroatoms. The van der Waals surface area contributed by atoms with Crippen LogP contribution in [0.25, 0.3) is 0 Å². The van der Waals surface area contributed by atoms with Crippen molar-refractivity contribution in [3.05, 3.63) is 28.8 Å². The quantitative estimate of drug-likeness (QED) is 0.922. The fraction of sp³-hybridized carbons (Fsp3) is 0.647. The average Bonchev–Trinajstić information content (AvgIpc) is 2.92. The monoisotopic (exact) mass is 307 g/mol. The maximum absolute atomic E-state index is 6.27. The first-order valence-electron chi connectivity index (χ1n) is 8.19. The topological polar surface area (TPSA) is 18.5 Å². The third kappa shape index (κ3) is 3.20. The largest absolute Gasteiger partial charge is 0.366 e. The Hall–Kier alpha value is -0.770. The van der Waals surface area contributed by atoms with Crippen molar-refractivity contribution in [3.63, 3.8) is 0 Å². The zero-order chi connectivity index (χ0) is 14.8. The van der Waals surface area contributed by atoms with E-state index in [2.05, 4.69) is 41.1 Å². The molecule has 2 unspecified atom stereocenters. The third-order valence-corrected chi connectivity index (χ3v) is 5.09. The molecule has 2 aliphatic heterocycles. The number of benzene rings is 1. The van der Waals surface area contributed by atoms with E-state index in [-0.39, 0.29) is 0 Å². The molecule has 0 radical (unpaired) electrons. The standard InChI is InChI=1S/C17H26ClN3/c1-3-19-10-14-6-7-15(18)9-17(14)21-12-16-5-4-8-20(16)11-13(21)2/h6-7,9,13,16,19H,3-5,8,10-12H2,1-2H3. The molecule has 1 aromatic carbocycles. The highest BCUT2D eigenvalue weighted by Crippen LogP contribution is 2.32. The average molecular weight is 308 g/mol. The van der Waals surface area contributed by atoms with E-state index >= 15 is 0 Å². The van der Waals surface area contributed by atoms with Crippen LogP contribution in [-0.4, -0.2) is 43.2 Å². The molecule has 3 nitrogen and oxygen atoms in total. The van der Waals surface area contributed by atoms with Gasteiger partial charge in [-0.3, -0.25) is 4.90 Å². The van der Waals surface area contributed by atoms with E-state index in [4.69, 9.17) is 11.6 Å². The molecule has 2 fully saturated rings. The van der Waals surface area contributed by atoms with Gasteiger partial charge in [0, 0.05) is 42.4 Å². The summed E-state index contributed by atoms with van der Waals surface area (Å²) in [6.45, 7) is 10.00. The van der Waals surface area contributed by atoms with Gasteiger partial charge >= 0.3 is 0 Å². The molecule has 21 heavy (non-hydrogen) atoms. The number of hydrogen-bond donors (Lipinski definition) is 1. The predicted molar refractivity (Wildman–Crippen MR) is 90.2 cm³/mol. The lowest BCUT2D eigenvalue weighted by Gasteiger charge is -2.44. The Morgan fingerprint density at radius 3 is 3.00 bits per heavy atom. The summed E-state index contributed by atoms with van der Waals surface area (Å²) in [6.07, 6.45) is 2.69. The Morgan fingerprint density at radius 2 is 2.19 bits per heavy atom.